The van der Waals surface area contributed by atoms with Gasteiger partial charge >= 0.3 is 0 Å². The second-order valence-electron chi connectivity index (χ2n) is 4.59. The van der Waals surface area contributed by atoms with Crippen LogP contribution in [0.5, 0.6) is 17.4 Å². The van der Waals surface area contributed by atoms with Crippen molar-refractivity contribution < 1.29 is 9.47 Å². The summed E-state index contributed by atoms with van der Waals surface area (Å²) in [5.74, 6) is 2.74. The summed E-state index contributed by atoms with van der Waals surface area (Å²) in [4.78, 5) is 8.47. The van der Waals surface area contributed by atoms with Gasteiger partial charge in [0.1, 0.15) is 17.3 Å². The van der Waals surface area contributed by atoms with E-state index in [0.29, 0.717) is 11.6 Å². The molecular weight excluding hydrogens is 266 g/mol. The predicted molar refractivity (Wildman–Crippen MR) is 83.1 cm³/mol. The number of aromatic nitrogens is 2. The second-order valence-corrected chi connectivity index (χ2v) is 4.59. The van der Waals surface area contributed by atoms with E-state index in [9.17, 15) is 0 Å². The van der Waals surface area contributed by atoms with E-state index in [2.05, 4.69) is 29.1 Å². The van der Waals surface area contributed by atoms with E-state index in [1.807, 2.05) is 24.3 Å². The Morgan fingerprint density at radius 3 is 2.48 bits per heavy atom. The standard InChI is InChI=1S/C16H21N3O2/c1-3-9-18-15-11-17-12-16(19-15)21-14-7-5-13(6-8-14)20-10-4-2/h5-8,11-12H,3-4,9-10H2,1-2H3,(H,18,19). The molecule has 5 nitrogen and oxygen atoms in total. The molecule has 1 N–H and O–H groups in total. The summed E-state index contributed by atoms with van der Waals surface area (Å²) in [5, 5.41) is 3.18. The van der Waals surface area contributed by atoms with E-state index in [1.165, 1.54) is 0 Å². The van der Waals surface area contributed by atoms with Gasteiger partial charge in [0.2, 0.25) is 5.88 Å². The molecule has 112 valence electrons. The summed E-state index contributed by atoms with van der Waals surface area (Å²) in [7, 11) is 0. The molecule has 0 atom stereocenters. The molecule has 0 saturated carbocycles. The zero-order valence-electron chi connectivity index (χ0n) is 12.5. The largest absolute Gasteiger partial charge is 0.494 e. The Morgan fingerprint density at radius 2 is 1.76 bits per heavy atom. The van der Waals surface area contributed by atoms with Gasteiger partial charge in [-0.15, -0.1) is 0 Å². The minimum absolute atomic E-state index is 0.471. The highest BCUT2D eigenvalue weighted by Crippen LogP contribution is 2.22. The maximum absolute atomic E-state index is 5.69. The summed E-state index contributed by atoms with van der Waals surface area (Å²) < 4.78 is 11.2. The Balaban J connectivity index is 1.97. The lowest BCUT2D eigenvalue weighted by molar-refractivity contribution is 0.317. The fourth-order valence-corrected chi connectivity index (χ4v) is 1.68. The van der Waals surface area contributed by atoms with Gasteiger partial charge in [0.05, 0.1) is 19.0 Å². The predicted octanol–water partition coefficient (Wildman–Crippen LogP) is 3.88. The number of hydrogen-bond donors (Lipinski definition) is 1. The molecule has 0 aliphatic heterocycles. The molecule has 1 aromatic heterocycles. The number of nitrogens with zero attached hydrogens (tertiary/aromatic N) is 2. The number of hydrogen-bond acceptors (Lipinski definition) is 5. The lowest BCUT2D eigenvalue weighted by Gasteiger charge is -2.08. The summed E-state index contributed by atoms with van der Waals surface area (Å²) in [6, 6.07) is 7.49. The summed E-state index contributed by atoms with van der Waals surface area (Å²) in [6.45, 7) is 5.76. The Labute approximate surface area is 125 Å². The lowest BCUT2D eigenvalue weighted by atomic mass is 10.3. The first kappa shape index (κ1) is 15.1. The van der Waals surface area contributed by atoms with Gasteiger partial charge in [-0.3, -0.25) is 4.98 Å². The summed E-state index contributed by atoms with van der Waals surface area (Å²) in [5.41, 5.74) is 0. The quantitative estimate of drug-likeness (QED) is 0.798. The molecule has 0 radical (unpaired) electrons. The smallest absolute Gasteiger partial charge is 0.239 e. The van der Waals surface area contributed by atoms with Crippen molar-refractivity contribution in [3.05, 3.63) is 36.7 Å². The molecule has 0 aliphatic carbocycles. The molecule has 2 aromatic rings. The molecule has 21 heavy (non-hydrogen) atoms. The van der Waals surface area contributed by atoms with E-state index in [-0.39, 0.29) is 0 Å². The van der Waals surface area contributed by atoms with Gasteiger partial charge < -0.3 is 14.8 Å². The zero-order valence-corrected chi connectivity index (χ0v) is 12.5. The monoisotopic (exact) mass is 287 g/mol. The van der Waals surface area contributed by atoms with E-state index >= 15 is 0 Å². The minimum Gasteiger partial charge on any atom is -0.494 e. The van der Waals surface area contributed by atoms with Crippen LogP contribution in [0, 0.1) is 0 Å². The van der Waals surface area contributed by atoms with Gasteiger partial charge in [0.15, 0.2) is 0 Å². The van der Waals surface area contributed by atoms with Crippen LogP contribution < -0.4 is 14.8 Å². The number of nitrogens with one attached hydrogen (secondary N) is 1. The van der Waals surface area contributed by atoms with E-state index < -0.39 is 0 Å². The van der Waals surface area contributed by atoms with Gasteiger partial charge in [0.25, 0.3) is 0 Å². The fourth-order valence-electron chi connectivity index (χ4n) is 1.68. The van der Waals surface area contributed by atoms with Crippen LogP contribution in [0.15, 0.2) is 36.7 Å². The molecule has 0 bridgehead atoms. The Bertz CT molecular complexity index is 543. The highest BCUT2D eigenvalue weighted by atomic mass is 16.5. The molecule has 5 heteroatoms. The van der Waals surface area contributed by atoms with Crippen LogP contribution in [0.1, 0.15) is 26.7 Å². The SMILES string of the molecule is CCCNc1cncc(Oc2ccc(OCCC)cc2)n1. The molecule has 0 fully saturated rings. The van der Waals surface area contributed by atoms with Crippen molar-refractivity contribution in [2.75, 3.05) is 18.5 Å². The van der Waals surface area contributed by atoms with Crippen LogP contribution >= 0.6 is 0 Å². The summed E-state index contributed by atoms with van der Waals surface area (Å²) in [6.07, 6.45) is 5.31. The van der Waals surface area contributed by atoms with Crippen molar-refractivity contribution in [1.82, 2.24) is 9.97 Å². The minimum atomic E-state index is 0.471. The van der Waals surface area contributed by atoms with Crippen molar-refractivity contribution in [1.29, 1.82) is 0 Å². The van der Waals surface area contributed by atoms with Gasteiger partial charge in [-0.2, -0.15) is 4.98 Å². The third-order valence-electron chi connectivity index (χ3n) is 2.69. The van der Waals surface area contributed by atoms with Crippen LogP contribution in [0.25, 0.3) is 0 Å². The second kappa shape index (κ2) is 8.09. The topological polar surface area (TPSA) is 56.3 Å². The molecular formula is C16H21N3O2. The van der Waals surface area contributed by atoms with Crippen molar-refractivity contribution in [3.8, 4) is 17.4 Å². The van der Waals surface area contributed by atoms with Crippen LogP contribution in [-0.2, 0) is 0 Å². The maximum Gasteiger partial charge on any atom is 0.239 e. The van der Waals surface area contributed by atoms with E-state index in [0.717, 1.165) is 37.6 Å². The molecule has 0 aliphatic rings. The molecule has 0 spiro atoms. The highest BCUT2D eigenvalue weighted by molar-refractivity contribution is 5.36. The Kier molecular flexibility index (Phi) is 5.82. The first-order chi connectivity index (χ1) is 10.3. The highest BCUT2D eigenvalue weighted by Gasteiger charge is 2.02. The van der Waals surface area contributed by atoms with Crippen molar-refractivity contribution in [2.45, 2.75) is 26.7 Å². The van der Waals surface area contributed by atoms with Crippen molar-refractivity contribution >= 4 is 5.82 Å². The van der Waals surface area contributed by atoms with Crippen molar-refractivity contribution in [2.24, 2.45) is 0 Å². The molecule has 0 unspecified atom stereocenters. The normalized spacial score (nSPS) is 10.2. The maximum atomic E-state index is 5.69. The number of benzene rings is 1. The van der Waals surface area contributed by atoms with Gasteiger partial charge in [-0.1, -0.05) is 13.8 Å². The number of ether oxygens (including phenoxy) is 2. The number of rotatable bonds is 8. The van der Waals surface area contributed by atoms with E-state index in [4.69, 9.17) is 9.47 Å². The molecule has 0 amide bonds. The third-order valence-corrected chi connectivity index (χ3v) is 2.69. The lowest BCUT2D eigenvalue weighted by Crippen LogP contribution is -2.03. The van der Waals surface area contributed by atoms with Crippen molar-refractivity contribution in [3.63, 3.8) is 0 Å². The molecule has 1 heterocycles. The average molecular weight is 287 g/mol. The van der Waals surface area contributed by atoms with Gasteiger partial charge in [-0.25, -0.2) is 0 Å². The van der Waals surface area contributed by atoms with Gasteiger partial charge in [0, 0.05) is 6.54 Å². The van der Waals surface area contributed by atoms with Crippen LogP contribution in [0.2, 0.25) is 0 Å². The molecule has 0 saturated heterocycles. The molecule has 1 aromatic carbocycles. The first-order valence-corrected chi connectivity index (χ1v) is 7.28. The first-order valence-electron chi connectivity index (χ1n) is 7.28. The fraction of sp³-hybridized carbons (Fsp3) is 0.375. The Hall–Kier alpha value is -2.30. The third kappa shape index (κ3) is 4.95. The zero-order chi connectivity index (χ0) is 14.9. The van der Waals surface area contributed by atoms with Gasteiger partial charge in [-0.05, 0) is 37.1 Å². The Morgan fingerprint density at radius 1 is 1.00 bits per heavy atom. The van der Waals surface area contributed by atoms with Crippen LogP contribution in [0.4, 0.5) is 5.82 Å². The van der Waals surface area contributed by atoms with Crippen LogP contribution in [0.3, 0.4) is 0 Å². The van der Waals surface area contributed by atoms with E-state index in [1.54, 1.807) is 12.4 Å². The number of anilines is 1. The average Bonchev–Trinajstić information content (AvgIpc) is 2.53. The summed E-state index contributed by atoms with van der Waals surface area (Å²) >= 11 is 0. The molecule has 2 rings (SSSR count). The van der Waals surface area contributed by atoms with Crippen LogP contribution in [-0.4, -0.2) is 23.1 Å².